The van der Waals surface area contributed by atoms with Crippen LogP contribution in [0.1, 0.15) is 69.2 Å². The maximum atomic E-state index is 13.6. The van der Waals surface area contributed by atoms with Crippen molar-refractivity contribution in [1.82, 2.24) is 0 Å². The minimum atomic E-state index is -4.92. The summed E-state index contributed by atoms with van der Waals surface area (Å²) in [7, 11) is 0. The van der Waals surface area contributed by atoms with Crippen LogP contribution in [0.5, 0.6) is 0 Å². The van der Waals surface area contributed by atoms with E-state index in [-0.39, 0.29) is 0 Å². The molecule has 2 nitrogen and oxygen atoms in total. The summed E-state index contributed by atoms with van der Waals surface area (Å²) in [5.41, 5.74) is 10.1. The molecule has 0 N–H and O–H groups in total. The molecule has 0 heterocycles. The Kier molecular flexibility index (Phi) is 5.67. The van der Waals surface area contributed by atoms with E-state index in [1.165, 1.54) is 52.6 Å². The zero-order chi connectivity index (χ0) is 22.1. The van der Waals surface area contributed by atoms with Crippen molar-refractivity contribution in [2.75, 3.05) is 0 Å². The number of allylic oxidation sites excluding steroid dienone is 8. The van der Waals surface area contributed by atoms with Gasteiger partial charge in [0.2, 0.25) is 0 Å². The normalized spacial score (nSPS) is 23.7. The summed E-state index contributed by atoms with van der Waals surface area (Å²) in [6, 6.07) is 0. The van der Waals surface area contributed by atoms with Gasteiger partial charge in [-0.3, -0.25) is 0 Å². The Balaban J connectivity index is 3.27. The van der Waals surface area contributed by atoms with Gasteiger partial charge in [0.25, 0.3) is 0 Å². The molecule has 0 atom stereocenters. The molecular formula is C24H39O2SiZr. The zero-order valence-corrected chi connectivity index (χ0v) is 23.7. The first-order valence-electron chi connectivity index (χ1n) is 10.5. The van der Waals surface area contributed by atoms with E-state index in [9.17, 15) is 9.59 Å². The molecule has 2 aliphatic carbocycles. The molecule has 0 unspecified atom stereocenters. The van der Waals surface area contributed by atoms with Crippen LogP contribution in [-0.4, -0.2) is 13.9 Å². The van der Waals surface area contributed by atoms with Gasteiger partial charge in [-0.05, 0) is 0 Å². The van der Waals surface area contributed by atoms with Gasteiger partial charge < -0.3 is 0 Å². The first kappa shape index (κ1) is 23.7. The van der Waals surface area contributed by atoms with Gasteiger partial charge in [0.1, 0.15) is 0 Å². The van der Waals surface area contributed by atoms with Crippen LogP contribution in [0.15, 0.2) is 44.6 Å². The van der Waals surface area contributed by atoms with E-state index in [1.54, 1.807) is 0 Å². The van der Waals surface area contributed by atoms with Gasteiger partial charge in [-0.2, -0.15) is 0 Å². The van der Waals surface area contributed by atoms with Crippen molar-refractivity contribution in [2.24, 2.45) is 0 Å². The molecule has 0 amide bonds. The summed E-state index contributed by atoms with van der Waals surface area (Å²) in [6.45, 7) is 26.5. The fourth-order valence-electron chi connectivity index (χ4n) is 7.29. The topological polar surface area (TPSA) is 34.1 Å². The van der Waals surface area contributed by atoms with Crippen LogP contribution >= 0.6 is 0 Å². The Morgan fingerprint density at radius 3 is 0.964 bits per heavy atom. The van der Waals surface area contributed by atoms with Gasteiger partial charge in [0.15, 0.2) is 0 Å². The van der Waals surface area contributed by atoms with Crippen molar-refractivity contribution in [1.29, 1.82) is 0 Å². The van der Waals surface area contributed by atoms with Gasteiger partial charge in [-0.25, -0.2) is 0 Å². The van der Waals surface area contributed by atoms with E-state index in [4.69, 9.17) is 0 Å². The summed E-state index contributed by atoms with van der Waals surface area (Å²) in [5.74, 6) is -1.72. The molecule has 2 rings (SSSR count). The molecule has 0 aromatic rings. The summed E-state index contributed by atoms with van der Waals surface area (Å²) in [6.07, 6.45) is 0. The molecule has 4 heteroatoms. The van der Waals surface area contributed by atoms with E-state index in [2.05, 4.69) is 82.3 Å². The molecule has 2 aliphatic rings. The van der Waals surface area contributed by atoms with Crippen molar-refractivity contribution in [3.05, 3.63) is 44.6 Å². The third-order valence-electron chi connectivity index (χ3n) is 10.4. The monoisotopic (exact) mass is 477 g/mol. The third-order valence-corrected chi connectivity index (χ3v) is 56.8. The molecule has 28 heavy (non-hydrogen) atoms. The van der Waals surface area contributed by atoms with Crippen LogP contribution in [0.4, 0.5) is 0 Å². The molecular weight excluding hydrogens is 440 g/mol. The van der Waals surface area contributed by atoms with Crippen LogP contribution in [0.25, 0.3) is 0 Å². The first-order chi connectivity index (χ1) is 12.7. The Labute approximate surface area is 173 Å². The third kappa shape index (κ3) is 1.98. The minimum absolute atomic E-state index is 0.429. The van der Waals surface area contributed by atoms with E-state index >= 15 is 0 Å². The first-order valence-corrected chi connectivity index (χ1v) is 22.9. The van der Waals surface area contributed by atoms with Crippen LogP contribution in [0.3, 0.4) is 0 Å². The second-order valence-electron chi connectivity index (χ2n) is 10.1. The van der Waals surface area contributed by atoms with Crippen molar-refractivity contribution in [3.63, 3.8) is 0 Å². The Morgan fingerprint density at radius 1 is 0.607 bits per heavy atom. The molecule has 0 aromatic heterocycles. The molecule has 0 radical (unpaired) electrons. The number of carbonyl (C=O) groups excluding carboxylic acids is 2. The molecule has 0 saturated heterocycles. The van der Waals surface area contributed by atoms with Gasteiger partial charge >= 0.3 is 175 Å². The maximum absolute atomic E-state index is 13.6. The molecule has 0 fully saturated rings. The van der Waals surface area contributed by atoms with Gasteiger partial charge in [0.05, 0.1) is 0 Å². The molecule has 0 bridgehead atoms. The Bertz CT molecular complexity index is 793. The van der Waals surface area contributed by atoms with Crippen molar-refractivity contribution < 1.29 is 27.5 Å². The number of hydrogen-bond acceptors (Lipinski definition) is 2. The number of carbonyl (C=O) groups is 2. The quantitative estimate of drug-likeness (QED) is 0.323. The average Bonchev–Trinajstić information content (AvgIpc) is 2.92. The number of rotatable bonds is 5. The Hall–Kier alpha value is -0.600. The second kappa shape index (κ2) is 6.71. The van der Waals surface area contributed by atoms with Crippen molar-refractivity contribution >= 4 is 13.9 Å². The van der Waals surface area contributed by atoms with E-state index < -0.39 is 30.1 Å². The summed E-state index contributed by atoms with van der Waals surface area (Å²) < 4.78 is 1.73. The average molecular weight is 479 g/mol. The second-order valence-corrected chi connectivity index (χ2v) is 41.7. The molecule has 0 saturated carbocycles. The van der Waals surface area contributed by atoms with Gasteiger partial charge in [-0.15, -0.1) is 0 Å². The van der Waals surface area contributed by atoms with E-state index in [0.29, 0.717) is 0 Å². The van der Waals surface area contributed by atoms with Gasteiger partial charge in [-0.1, -0.05) is 0 Å². The van der Waals surface area contributed by atoms with Crippen molar-refractivity contribution in [2.45, 2.75) is 88.6 Å². The van der Waals surface area contributed by atoms with Crippen LogP contribution in [-0.2, 0) is 27.5 Å². The van der Waals surface area contributed by atoms with Crippen LogP contribution < -0.4 is 0 Å². The predicted molar refractivity (Wildman–Crippen MR) is 123 cm³/mol. The molecule has 0 spiro atoms. The van der Waals surface area contributed by atoms with Crippen LogP contribution in [0, 0.1) is 0 Å². The Morgan fingerprint density at radius 2 is 0.821 bits per heavy atom. The molecule has 0 aliphatic heterocycles. The zero-order valence-electron chi connectivity index (χ0n) is 20.0. The summed E-state index contributed by atoms with van der Waals surface area (Å²) in [5, 5.41) is 0. The van der Waals surface area contributed by atoms with Crippen molar-refractivity contribution in [3.8, 4) is 0 Å². The van der Waals surface area contributed by atoms with Crippen LogP contribution in [0.2, 0.25) is 19.3 Å². The molecule has 0 aromatic carbocycles. The number of hydrogen-bond donors (Lipinski definition) is 0. The SMILES string of the molecule is CC1=C(C)[C](C)([Zr]([CH]=O)([CH]=O)([SiH](C)C)[C]2(C)C(C)=C(C)C(C)=C2C)C(C)=C1C. The van der Waals surface area contributed by atoms with E-state index in [0.717, 1.165) is 0 Å². The fourth-order valence-corrected chi connectivity index (χ4v) is 51.3. The standard InChI is InChI=1S/2C10H15.C2H7Si.2CHO.Zr/c2*1-6-7(2)9(4)10(5)8(6)3;1-3-2;2*1-2;/h2*1-5H3;3H,1-2H3;2*1H;. The summed E-state index contributed by atoms with van der Waals surface area (Å²) >= 11 is -4.92. The fraction of sp³-hybridized carbons (Fsp3) is 0.583. The molecule has 155 valence electrons. The van der Waals surface area contributed by atoms with E-state index in [1.807, 2.05) is 0 Å². The van der Waals surface area contributed by atoms with Gasteiger partial charge in [0, 0.05) is 0 Å². The summed E-state index contributed by atoms with van der Waals surface area (Å²) in [4.78, 5) is 27.2. The predicted octanol–water partition coefficient (Wildman–Crippen LogP) is 6.77.